The van der Waals surface area contributed by atoms with E-state index in [1.807, 2.05) is 38.1 Å². The quantitative estimate of drug-likeness (QED) is 0.635. The molecule has 132 valence electrons. The third kappa shape index (κ3) is 4.15. The Morgan fingerprint density at radius 3 is 2.69 bits per heavy atom. The molecule has 5 nitrogen and oxygen atoms in total. The summed E-state index contributed by atoms with van der Waals surface area (Å²) in [6.45, 7) is 4.60. The lowest BCUT2D eigenvalue weighted by molar-refractivity contribution is 0.206. The van der Waals surface area contributed by atoms with Crippen LogP contribution in [0.1, 0.15) is 19.4 Å². The standard InChI is InChI=1S/C19H17N3O2S2/c1-12(2)11-22(14-5-8-16-17(9-14)26-18(25)21-16)19(23)24-15-6-3-13(10-20)4-7-15/h3-9,12H,11H2,1-2H3,(H,21,25). The number of benzene rings is 2. The Kier molecular flexibility index (Phi) is 5.45. The lowest BCUT2D eigenvalue weighted by Gasteiger charge is -2.24. The number of hydrogen-bond acceptors (Lipinski definition) is 6. The molecule has 0 N–H and O–H groups in total. The number of thiazole rings is 1. The van der Waals surface area contributed by atoms with E-state index in [1.165, 1.54) is 11.3 Å². The highest BCUT2D eigenvalue weighted by molar-refractivity contribution is 7.82. The van der Waals surface area contributed by atoms with Crippen molar-refractivity contribution in [3.8, 4) is 11.8 Å². The minimum Gasteiger partial charge on any atom is -0.410 e. The molecule has 3 rings (SSSR count). The number of rotatable bonds is 4. The van der Waals surface area contributed by atoms with Crippen molar-refractivity contribution in [1.82, 2.24) is 4.98 Å². The number of fused-ring (bicyclic) bond motifs is 1. The molecular weight excluding hydrogens is 366 g/mol. The molecule has 0 aliphatic carbocycles. The third-order valence-corrected chi connectivity index (χ3v) is 4.82. The summed E-state index contributed by atoms with van der Waals surface area (Å²) in [6, 6.07) is 14.2. The highest BCUT2D eigenvalue weighted by Crippen LogP contribution is 2.29. The molecule has 3 aromatic rings. The largest absolute Gasteiger partial charge is 0.419 e. The fraction of sp³-hybridized carbons (Fsp3) is 0.211. The zero-order valence-corrected chi connectivity index (χ0v) is 16.1. The molecule has 26 heavy (non-hydrogen) atoms. The van der Waals surface area contributed by atoms with Crippen LogP contribution in [0.25, 0.3) is 10.2 Å². The summed E-state index contributed by atoms with van der Waals surface area (Å²) in [5.74, 6) is 0.667. The van der Waals surface area contributed by atoms with Crippen molar-refractivity contribution in [3.63, 3.8) is 0 Å². The van der Waals surface area contributed by atoms with Crippen LogP contribution in [-0.2, 0) is 0 Å². The molecule has 0 bridgehead atoms. The van der Waals surface area contributed by atoms with Gasteiger partial charge in [0.2, 0.25) is 0 Å². The molecule has 0 radical (unpaired) electrons. The molecule has 1 aromatic heterocycles. The maximum absolute atomic E-state index is 12.8. The molecule has 0 saturated heterocycles. The van der Waals surface area contributed by atoms with E-state index in [9.17, 15) is 4.79 Å². The topological polar surface area (TPSA) is 66.2 Å². The van der Waals surface area contributed by atoms with E-state index in [4.69, 9.17) is 10.00 Å². The van der Waals surface area contributed by atoms with Crippen LogP contribution in [0.15, 0.2) is 46.8 Å². The molecule has 1 amide bonds. The van der Waals surface area contributed by atoms with Crippen LogP contribution in [0, 0.1) is 17.2 Å². The number of anilines is 1. The average molecular weight is 383 g/mol. The van der Waals surface area contributed by atoms with Crippen LogP contribution in [0.3, 0.4) is 0 Å². The van der Waals surface area contributed by atoms with E-state index < -0.39 is 6.09 Å². The summed E-state index contributed by atoms with van der Waals surface area (Å²) in [6.07, 6.45) is -0.460. The second-order valence-electron chi connectivity index (χ2n) is 6.16. The number of nitriles is 1. The molecule has 0 atom stereocenters. The first kappa shape index (κ1) is 18.2. The molecule has 0 aliphatic heterocycles. The number of carbonyl (C=O) groups is 1. The van der Waals surface area contributed by atoms with Gasteiger partial charge in [0.1, 0.15) is 10.1 Å². The Morgan fingerprint density at radius 1 is 1.31 bits per heavy atom. The first-order valence-corrected chi connectivity index (χ1v) is 9.31. The van der Waals surface area contributed by atoms with Gasteiger partial charge >= 0.3 is 6.09 Å². The normalized spacial score (nSPS) is 10.7. The molecule has 0 unspecified atom stereocenters. The predicted octanol–water partition coefficient (Wildman–Crippen LogP) is 5.12. The highest BCUT2D eigenvalue weighted by Gasteiger charge is 2.20. The van der Waals surface area contributed by atoms with Crippen LogP contribution in [0.5, 0.6) is 5.75 Å². The van der Waals surface area contributed by atoms with Gasteiger partial charge < -0.3 is 4.74 Å². The fourth-order valence-electron chi connectivity index (χ4n) is 2.47. The summed E-state index contributed by atoms with van der Waals surface area (Å²) in [5.41, 5.74) is 2.12. The maximum Gasteiger partial charge on any atom is 0.419 e. The molecule has 0 spiro atoms. The van der Waals surface area contributed by atoms with E-state index in [-0.39, 0.29) is 5.92 Å². The molecule has 0 fully saturated rings. The van der Waals surface area contributed by atoms with Crippen molar-refractivity contribution in [2.75, 3.05) is 11.4 Å². The van der Waals surface area contributed by atoms with Gasteiger partial charge in [0, 0.05) is 12.2 Å². The van der Waals surface area contributed by atoms with Crippen LogP contribution >= 0.6 is 24.0 Å². The van der Waals surface area contributed by atoms with Crippen molar-refractivity contribution in [2.45, 2.75) is 18.2 Å². The molecule has 7 heteroatoms. The lowest BCUT2D eigenvalue weighted by atomic mass is 10.2. The predicted molar refractivity (Wildman–Crippen MR) is 106 cm³/mol. The van der Waals surface area contributed by atoms with Crippen molar-refractivity contribution in [2.24, 2.45) is 5.92 Å². The van der Waals surface area contributed by atoms with E-state index >= 15 is 0 Å². The number of ether oxygens (including phenoxy) is 1. The number of hydrogen-bond donors (Lipinski definition) is 1. The van der Waals surface area contributed by atoms with Gasteiger partial charge in [-0.25, -0.2) is 9.78 Å². The Bertz CT molecular complexity index is 975. The molecule has 1 heterocycles. The van der Waals surface area contributed by atoms with Crippen molar-refractivity contribution >= 4 is 46.0 Å². The van der Waals surface area contributed by atoms with Crippen LogP contribution in [0.2, 0.25) is 0 Å². The number of thiol groups is 1. The summed E-state index contributed by atoms with van der Waals surface area (Å²) in [7, 11) is 0. The first-order valence-electron chi connectivity index (χ1n) is 8.05. The Hall–Kier alpha value is -2.56. The number of nitrogens with zero attached hydrogens (tertiary/aromatic N) is 3. The third-order valence-electron chi connectivity index (χ3n) is 3.63. The minimum absolute atomic E-state index is 0.265. The monoisotopic (exact) mass is 383 g/mol. The molecular formula is C19H17N3O2S2. The summed E-state index contributed by atoms with van der Waals surface area (Å²) in [5, 5.41) is 8.86. The second kappa shape index (κ2) is 7.77. The SMILES string of the molecule is CC(C)CN(C(=O)Oc1ccc(C#N)cc1)c1ccc2nc(S)sc2c1. The average Bonchev–Trinajstić information content (AvgIpc) is 2.99. The fourth-order valence-corrected chi connectivity index (χ4v) is 3.61. The van der Waals surface area contributed by atoms with Crippen molar-refractivity contribution in [3.05, 3.63) is 48.0 Å². The number of amides is 1. The van der Waals surface area contributed by atoms with Gasteiger partial charge in [-0.1, -0.05) is 13.8 Å². The van der Waals surface area contributed by atoms with Crippen LogP contribution < -0.4 is 9.64 Å². The van der Waals surface area contributed by atoms with Crippen LogP contribution in [-0.4, -0.2) is 17.6 Å². The lowest BCUT2D eigenvalue weighted by Crippen LogP contribution is -2.36. The Balaban J connectivity index is 1.87. The molecule has 2 aromatic carbocycles. The van der Waals surface area contributed by atoms with Crippen molar-refractivity contribution in [1.29, 1.82) is 5.26 Å². The van der Waals surface area contributed by atoms with Gasteiger partial charge in [-0.2, -0.15) is 5.26 Å². The van der Waals surface area contributed by atoms with E-state index in [2.05, 4.69) is 17.6 Å². The minimum atomic E-state index is -0.460. The van der Waals surface area contributed by atoms with Gasteiger partial charge in [-0.05, 0) is 48.4 Å². The van der Waals surface area contributed by atoms with E-state index in [0.717, 1.165) is 15.9 Å². The zero-order chi connectivity index (χ0) is 18.7. The van der Waals surface area contributed by atoms with Gasteiger partial charge in [0.05, 0.1) is 21.8 Å². The van der Waals surface area contributed by atoms with Crippen LogP contribution in [0.4, 0.5) is 10.5 Å². The van der Waals surface area contributed by atoms with Gasteiger partial charge in [0.15, 0.2) is 0 Å². The second-order valence-corrected chi connectivity index (χ2v) is 7.91. The summed E-state index contributed by atoms with van der Waals surface area (Å²) in [4.78, 5) is 18.7. The van der Waals surface area contributed by atoms with Gasteiger partial charge in [-0.3, -0.25) is 4.90 Å². The van der Waals surface area contributed by atoms with Gasteiger partial charge in [-0.15, -0.1) is 24.0 Å². The maximum atomic E-state index is 12.8. The smallest absolute Gasteiger partial charge is 0.410 e. The van der Waals surface area contributed by atoms with E-state index in [0.29, 0.717) is 22.2 Å². The molecule has 0 aliphatic rings. The van der Waals surface area contributed by atoms with Crippen molar-refractivity contribution < 1.29 is 9.53 Å². The first-order chi connectivity index (χ1) is 12.5. The Labute approximate surface area is 161 Å². The summed E-state index contributed by atoms with van der Waals surface area (Å²) < 4.78 is 7.15. The molecule has 0 saturated carbocycles. The highest BCUT2D eigenvalue weighted by atomic mass is 32.2. The Morgan fingerprint density at radius 2 is 2.04 bits per heavy atom. The zero-order valence-electron chi connectivity index (χ0n) is 14.3. The number of carbonyl (C=O) groups excluding carboxylic acids is 1. The van der Waals surface area contributed by atoms with E-state index in [1.54, 1.807) is 29.2 Å². The van der Waals surface area contributed by atoms with Gasteiger partial charge in [0.25, 0.3) is 0 Å². The number of aromatic nitrogens is 1. The summed E-state index contributed by atoms with van der Waals surface area (Å²) >= 11 is 5.75.